The van der Waals surface area contributed by atoms with Crippen LogP contribution in [0.15, 0.2) is 24.3 Å². The van der Waals surface area contributed by atoms with Crippen molar-refractivity contribution in [1.82, 2.24) is 0 Å². The molecular weight excluding hydrogens is 685 g/mol. The molecule has 0 rings (SSSR count). The first kappa shape index (κ1) is 52.9. The molecule has 0 aliphatic heterocycles. The Bertz CT molecular complexity index is 896. The smallest absolute Gasteiger partial charge is 0.306 e. The minimum absolute atomic E-state index is 0.0699. The summed E-state index contributed by atoms with van der Waals surface area (Å²) < 4.78 is 16.7. The third-order valence-corrected chi connectivity index (χ3v) is 10.5. The number of ether oxygens (including phenoxy) is 3. The zero-order chi connectivity index (χ0) is 40.1. The number of unbranched alkanes of at least 4 members (excludes halogenated alkanes) is 28. The molecule has 1 unspecified atom stereocenters. The van der Waals surface area contributed by atoms with Crippen LogP contribution < -0.4 is 0 Å². The van der Waals surface area contributed by atoms with Gasteiger partial charge in [-0.2, -0.15) is 0 Å². The van der Waals surface area contributed by atoms with Gasteiger partial charge in [0, 0.05) is 19.3 Å². The average molecular weight is 775 g/mol. The molecule has 0 amide bonds. The molecule has 0 aromatic rings. The molecule has 0 aliphatic rings. The van der Waals surface area contributed by atoms with Crippen molar-refractivity contribution >= 4 is 17.9 Å². The van der Waals surface area contributed by atoms with Crippen molar-refractivity contribution < 1.29 is 28.6 Å². The SMILES string of the molecule is CCCCC/C=C\C/C=C\CCCCCCCCCC(=O)OCC(COC(=O)CCCCCCCCCCC)OC(=O)CCCCCCCCCCCCC. The fourth-order valence-electron chi connectivity index (χ4n) is 6.82. The van der Waals surface area contributed by atoms with Crippen LogP contribution in [-0.4, -0.2) is 37.2 Å². The Morgan fingerprint density at radius 1 is 0.364 bits per heavy atom. The molecule has 0 spiro atoms. The summed E-state index contributed by atoms with van der Waals surface area (Å²) in [6, 6.07) is 0. The number of carbonyl (C=O) groups excluding carboxylic acids is 3. The maximum atomic E-state index is 12.7. The minimum Gasteiger partial charge on any atom is -0.462 e. The second-order valence-electron chi connectivity index (χ2n) is 16.0. The monoisotopic (exact) mass is 775 g/mol. The number of hydrogen-bond acceptors (Lipinski definition) is 6. The molecule has 0 heterocycles. The van der Waals surface area contributed by atoms with Gasteiger partial charge >= 0.3 is 17.9 Å². The second kappa shape index (κ2) is 44.6. The number of rotatable bonds is 43. The van der Waals surface area contributed by atoms with Gasteiger partial charge in [-0.3, -0.25) is 14.4 Å². The molecule has 0 saturated heterocycles. The van der Waals surface area contributed by atoms with Crippen LogP contribution >= 0.6 is 0 Å². The normalized spacial score (nSPS) is 12.1. The Kier molecular flexibility index (Phi) is 42.9. The van der Waals surface area contributed by atoms with Crippen molar-refractivity contribution in [1.29, 1.82) is 0 Å². The summed E-state index contributed by atoms with van der Waals surface area (Å²) in [5, 5.41) is 0. The Balaban J connectivity index is 4.30. The van der Waals surface area contributed by atoms with Crippen LogP contribution in [0.1, 0.15) is 252 Å². The maximum absolute atomic E-state index is 12.7. The first-order valence-electron chi connectivity index (χ1n) is 23.8. The zero-order valence-electron chi connectivity index (χ0n) is 36.7. The van der Waals surface area contributed by atoms with Crippen LogP contribution in [-0.2, 0) is 28.6 Å². The predicted molar refractivity (Wildman–Crippen MR) is 233 cm³/mol. The van der Waals surface area contributed by atoms with Crippen molar-refractivity contribution in [2.45, 2.75) is 258 Å². The summed E-state index contributed by atoms with van der Waals surface area (Å²) in [4.78, 5) is 37.7. The van der Waals surface area contributed by atoms with E-state index in [2.05, 4.69) is 45.1 Å². The summed E-state index contributed by atoms with van der Waals surface area (Å²) in [6.07, 6.45) is 48.7. The van der Waals surface area contributed by atoms with E-state index in [1.54, 1.807) is 0 Å². The largest absolute Gasteiger partial charge is 0.462 e. The maximum Gasteiger partial charge on any atom is 0.306 e. The lowest BCUT2D eigenvalue weighted by atomic mass is 10.1. The molecule has 6 heteroatoms. The van der Waals surface area contributed by atoms with Gasteiger partial charge in [-0.1, -0.05) is 206 Å². The van der Waals surface area contributed by atoms with Crippen LogP contribution in [0.5, 0.6) is 0 Å². The van der Waals surface area contributed by atoms with Crippen molar-refractivity contribution in [3.8, 4) is 0 Å². The van der Waals surface area contributed by atoms with E-state index in [1.165, 1.54) is 141 Å². The predicted octanol–water partition coefficient (Wildman–Crippen LogP) is 15.2. The molecule has 0 fully saturated rings. The van der Waals surface area contributed by atoms with E-state index in [0.717, 1.165) is 70.6 Å². The summed E-state index contributed by atoms with van der Waals surface area (Å²) in [5.41, 5.74) is 0. The van der Waals surface area contributed by atoms with Gasteiger partial charge in [0.1, 0.15) is 13.2 Å². The van der Waals surface area contributed by atoms with Crippen LogP contribution in [0.2, 0.25) is 0 Å². The molecule has 0 bridgehead atoms. The topological polar surface area (TPSA) is 78.9 Å². The van der Waals surface area contributed by atoms with Crippen molar-refractivity contribution in [3.63, 3.8) is 0 Å². The van der Waals surface area contributed by atoms with Gasteiger partial charge in [-0.25, -0.2) is 0 Å². The fraction of sp³-hybridized carbons (Fsp3) is 0.857. The van der Waals surface area contributed by atoms with E-state index in [4.69, 9.17) is 14.2 Å². The standard InChI is InChI=1S/C49H90O6/c1-4-7-10-13-16-19-21-22-23-24-25-26-28-30-33-36-39-42-48(51)54-45-46(44-53-47(50)41-38-35-32-29-18-15-12-9-6-3)55-49(52)43-40-37-34-31-27-20-17-14-11-8-5-2/h16,19,22-23,46H,4-15,17-18,20-21,24-45H2,1-3H3/b19-16-,23-22-. The molecule has 1 atom stereocenters. The third kappa shape index (κ3) is 42.9. The van der Waals surface area contributed by atoms with Gasteiger partial charge in [-0.05, 0) is 51.4 Å². The van der Waals surface area contributed by atoms with Gasteiger partial charge < -0.3 is 14.2 Å². The number of allylic oxidation sites excluding steroid dienone is 4. The van der Waals surface area contributed by atoms with E-state index < -0.39 is 6.10 Å². The molecule has 0 saturated carbocycles. The van der Waals surface area contributed by atoms with E-state index in [9.17, 15) is 14.4 Å². The van der Waals surface area contributed by atoms with E-state index in [-0.39, 0.29) is 31.1 Å². The Morgan fingerprint density at radius 3 is 1.04 bits per heavy atom. The van der Waals surface area contributed by atoms with E-state index >= 15 is 0 Å². The molecule has 0 radical (unpaired) electrons. The molecule has 0 aromatic carbocycles. The highest BCUT2D eigenvalue weighted by Gasteiger charge is 2.19. The lowest BCUT2D eigenvalue weighted by molar-refractivity contribution is -0.167. The molecule has 0 N–H and O–H groups in total. The Labute approximate surface area is 341 Å². The van der Waals surface area contributed by atoms with Crippen LogP contribution in [0.3, 0.4) is 0 Å². The van der Waals surface area contributed by atoms with Crippen LogP contribution in [0, 0.1) is 0 Å². The highest BCUT2D eigenvalue weighted by molar-refractivity contribution is 5.71. The van der Waals surface area contributed by atoms with Crippen molar-refractivity contribution in [3.05, 3.63) is 24.3 Å². The molecule has 55 heavy (non-hydrogen) atoms. The minimum atomic E-state index is -0.766. The lowest BCUT2D eigenvalue weighted by Crippen LogP contribution is -2.30. The third-order valence-electron chi connectivity index (χ3n) is 10.5. The van der Waals surface area contributed by atoms with E-state index in [1.807, 2.05) is 0 Å². The average Bonchev–Trinajstić information content (AvgIpc) is 3.18. The van der Waals surface area contributed by atoms with Gasteiger partial charge in [0.25, 0.3) is 0 Å². The number of carbonyl (C=O) groups is 3. The Morgan fingerprint density at radius 2 is 0.655 bits per heavy atom. The Hall–Kier alpha value is -2.11. The highest BCUT2D eigenvalue weighted by atomic mass is 16.6. The van der Waals surface area contributed by atoms with Crippen LogP contribution in [0.25, 0.3) is 0 Å². The summed E-state index contributed by atoms with van der Waals surface area (Å²) in [6.45, 7) is 6.59. The summed E-state index contributed by atoms with van der Waals surface area (Å²) >= 11 is 0. The molecular formula is C49H90O6. The van der Waals surface area contributed by atoms with Gasteiger partial charge in [0.2, 0.25) is 0 Å². The van der Waals surface area contributed by atoms with Crippen LogP contribution in [0.4, 0.5) is 0 Å². The van der Waals surface area contributed by atoms with Gasteiger partial charge in [0.05, 0.1) is 0 Å². The number of esters is 3. The van der Waals surface area contributed by atoms with Crippen molar-refractivity contribution in [2.75, 3.05) is 13.2 Å². The summed E-state index contributed by atoms with van der Waals surface area (Å²) in [7, 11) is 0. The van der Waals surface area contributed by atoms with Gasteiger partial charge in [-0.15, -0.1) is 0 Å². The van der Waals surface area contributed by atoms with Crippen molar-refractivity contribution in [2.24, 2.45) is 0 Å². The highest BCUT2D eigenvalue weighted by Crippen LogP contribution is 2.15. The zero-order valence-corrected chi connectivity index (χ0v) is 36.7. The summed E-state index contributed by atoms with van der Waals surface area (Å²) in [5.74, 6) is -0.874. The van der Waals surface area contributed by atoms with E-state index in [0.29, 0.717) is 19.3 Å². The van der Waals surface area contributed by atoms with Gasteiger partial charge in [0.15, 0.2) is 6.10 Å². The first-order chi connectivity index (χ1) is 27.0. The first-order valence-corrected chi connectivity index (χ1v) is 23.8. The molecule has 0 aliphatic carbocycles. The quantitative estimate of drug-likeness (QED) is 0.0266. The molecule has 6 nitrogen and oxygen atoms in total. The lowest BCUT2D eigenvalue weighted by Gasteiger charge is -2.18. The fourth-order valence-corrected chi connectivity index (χ4v) is 6.82. The molecule has 0 aromatic heterocycles. The number of hydrogen-bond donors (Lipinski definition) is 0. The molecule has 322 valence electrons. The second-order valence-corrected chi connectivity index (χ2v) is 16.0.